The van der Waals surface area contributed by atoms with Crippen molar-refractivity contribution in [1.29, 1.82) is 0 Å². The Morgan fingerprint density at radius 3 is 2.70 bits per heavy atom. The standard InChI is InChI=1S/C5H9N2.CH3.U.Y/c1-7-4-2-6-3-5-7;;;/h2H,1,3-5H2;1H3;;/q-1;;;+1. The van der Waals surface area contributed by atoms with Gasteiger partial charge in [0, 0.05) is 0 Å². The van der Waals surface area contributed by atoms with Crippen molar-refractivity contribution >= 4 is 0 Å². The van der Waals surface area contributed by atoms with Crippen LogP contribution in [0.2, 0.25) is 3.96 Å². The molecule has 53 valence electrons. The van der Waals surface area contributed by atoms with E-state index in [0.29, 0.717) is 0 Å². The quantitative estimate of drug-likeness (QED) is 0.570. The van der Waals surface area contributed by atoms with Gasteiger partial charge in [0.15, 0.2) is 0 Å². The van der Waals surface area contributed by atoms with Gasteiger partial charge in [-0.05, 0) is 0 Å². The van der Waals surface area contributed by atoms with Crippen LogP contribution in [0.5, 0.6) is 0 Å². The topological polar surface area (TPSA) is 6.48 Å². The Labute approximate surface area is 92.7 Å². The van der Waals surface area contributed by atoms with Crippen LogP contribution in [0.3, 0.4) is 0 Å². The van der Waals surface area contributed by atoms with Gasteiger partial charge in [-0.2, -0.15) is 0 Å². The Balaban J connectivity index is 2.01. The molecule has 2 bridgehead atoms. The number of piperazine rings is 1. The van der Waals surface area contributed by atoms with Crippen molar-refractivity contribution in [2.45, 2.75) is 7.03 Å². The molecule has 3 saturated heterocycles. The molecule has 3 heterocycles. The Morgan fingerprint density at radius 1 is 1.50 bits per heavy atom. The van der Waals surface area contributed by atoms with Gasteiger partial charge in [-0.1, -0.05) is 0 Å². The maximum absolute atomic E-state index is 2.92. The molecule has 3 fully saturated rings. The fraction of sp³-hybridized carbons (Fsp3) is 1.00. The molecule has 4 heteroatoms. The van der Waals surface area contributed by atoms with Crippen molar-refractivity contribution in [2.75, 3.05) is 23.0 Å². The third kappa shape index (κ3) is 1.70. The molecule has 2 nitrogen and oxygen atoms in total. The second-order valence-electron chi connectivity index (χ2n) is 2.98. The first kappa shape index (κ1) is 8.66. The van der Waals surface area contributed by atoms with Crippen LogP contribution in [0.1, 0.15) is 0 Å². The molecular formula is C6H12N2UY. The normalized spacial score (nSPS) is 43.5. The molecule has 3 aliphatic rings. The van der Waals surface area contributed by atoms with E-state index in [1.807, 2.05) is 0 Å². The maximum atomic E-state index is 2.92. The van der Waals surface area contributed by atoms with Gasteiger partial charge in [-0.15, -0.1) is 0 Å². The van der Waals surface area contributed by atoms with E-state index >= 15 is 0 Å². The van der Waals surface area contributed by atoms with E-state index in [9.17, 15) is 0 Å². The molecule has 3 unspecified atom stereocenters. The zero-order valence-corrected chi connectivity index (χ0v) is 13.4. The summed E-state index contributed by atoms with van der Waals surface area (Å²) in [6.07, 6.45) is 0. The number of fused-ring (bicyclic) bond motifs is 3. The average molecular weight is 439 g/mol. The van der Waals surface area contributed by atoms with Crippen molar-refractivity contribution in [3.63, 3.8) is 0 Å². The third-order valence-electron chi connectivity index (χ3n) is 2.41. The van der Waals surface area contributed by atoms with E-state index in [1.54, 1.807) is 0 Å². The van der Waals surface area contributed by atoms with Gasteiger partial charge in [0.25, 0.3) is 0 Å². The average Bonchev–Trinajstić information content (AvgIpc) is 2.06. The monoisotopic (exact) mass is 439 g/mol. The van der Waals surface area contributed by atoms with Crippen LogP contribution < -0.4 is 0 Å². The van der Waals surface area contributed by atoms with Gasteiger partial charge in [-0.25, -0.2) is 0 Å². The Hall–Kier alpha value is 2.08. The van der Waals surface area contributed by atoms with Crippen molar-refractivity contribution in [3.05, 3.63) is 0 Å². The number of rotatable bonds is 1. The molecule has 3 rings (SSSR count). The van der Waals surface area contributed by atoms with Gasteiger partial charge < -0.3 is 0 Å². The third-order valence-corrected chi connectivity index (χ3v) is 14.7. The summed E-state index contributed by atoms with van der Waals surface area (Å²) in [7, 11) is 0. The van der Waals surface area contributed by atoms with Crippen LogP contribution in [0.4, 0.5) is 0 Å². The second-order valence-corrected chi connectivity index (χ2v) is 11.6. The molecule has 0 spiro atoms. The van der Waals surface area contributed by atoms with E-state index in [2.05, 4.69) is 10.9 Å². The molecule has 0 amide bonds. The summed E-state index contributed by atoms with van der Waals surface area (Å²) in [5, 5.41) is 0. The Morgan fingerprint density at radius 2 is 2.40 bits per heavy atom. The summed E-state index contributed by atoms with van der Waals surface area (Å²) >= 11 is -0.483. The molecule has 0 saturated carbocycles. The van der Waals surface area contributed by atoms with E-state index in [4.69, 9.17) is 0 Å². The summed E-state index contributed by atoms with van der Waals surface area (Å²) in [6, 6.07) is 0. The summed E-state index contributed by atoms with van der Waals surface area (Å²) in [5.41, 5.74) is 0. The first-order chi connectivity index (χ1) is 4.90. The van der Waals surface area contributed by atoms with Crippen LogP contribution >= 0.6 is 0 Å². The van der Waals surface area contributed by atoms with Crippen molar-refractivity contribution in [1.82, 2.24) is 6.93 Å². The molecule has 3 aliphatic heterocycles. The summed E-state index contributed by atoms with van der Waals surface area (Å²) in [6.45, 7) is 4.32. The fourth-order valence-electron chi connectivity index (χ4n) is 1.72. The van der Waals surface area contributed by atoms with Crippen LogP contribution in [-0.4, -0.2) is 33.0 Å². The van der Waals surface area contributed by atoms with Crippen LogP contribution in [0.25, 0.3) is 0 Å². The van der Waals surface area contributed by atoms with E-state index in [0.717, 1.165) is 0 Å². The number of hydrogen-bond donors (Lipinski definition) is 0. The predicted molar refractivity (Wildman–Crippen MR) is 32.8 cm³/mol. The van der Waals surface area contributed by atoms with Gasteiger partial charge in [0.2, 0.25) is 0 Å². The predicted octanol–water partition coefficient (Wildman–Crippen LogP) is 0.0318. The summed E-state index contributed by atoms with van der Waals surface area (Å²) in [5.74, 6) is 0. The molecule has 0 N–H and O–H groups in total. The van der Waals surface area contributed by atoms with E-state index < -0.39 is 0 Å². The molecule has 0 aromatic rings. The van der Waals surface area contributed by atoms with Crippen LogP contribution in [0, 0.1) is 27.7 Å². The molecule has 0 aromatic carbocycles. The van der Waals surface area contributed by atoms with Crippen molar-refractivity contribution in [2.24, 2.45) is 0 Å². The fourth-order valence-corrected chi connectivity index (χ4v) is 15.0. The second kappa shape index (κ2) is 3.86. The van der Waals surface area contributed by atoms with Gasteiger partial charge >= 0.3 is 94.2 Å². The Bertz CT molecular complexity index is 125. The van der Waals surface area contributed by atoms with Gasteiger partial charge in [-0.3, -0.25) is 0 Å². The minimum atomic E-state index is -0.288. The van der Waals surface area contributed by atoms with E-state index in [1.165, 1.54) is 26.1 Å². The van der Waals surface area contributed by atoms with Gasteiger partial charge in [0.05, 0.1) is 0 Å². The zero-order chi connectivity index (χ0) is 6.97. The van der Waals surface area contributed by atoms with Crippen molar-refractivity contribution in [3.8, 4) is 0 Å². The van der Waals surface area contributed by atoms with E-state index in [-0.39, 0.29) is 57.3 Å². The molecular weight excluding hydrogens is 427 g/mol. The molecule has 3 atom stereocenters. The molecule has 10 heavy (non-hydrogen) atoms. The SMILES string of the molecule is [CH3][U][CH]1CN2CC[N]1[Y][CH2]2. The van der Waals surface area contributed by atoms with Crippen LogP contribution in [0.15, 0.2) is 0 Å². The first-order valence-corrected chi connectivity index (χ1v) is 13.7. The minimum absolute atomic E-state index is 0.196. The summed E-state index contributed by atoms with van der Waals surface area (Å²) < 4.78 is 8.17. The Kier molecular flexibility index (Phi) is 3.34. The molecule has 0 radical (unpaired) electrons. The van der Waals surface area contributed by atoms with Crippen molar-refractivity contribution < 1.29 is 57.3 Å². The van der Waals surface area contributed by atoms with Gasteiger partial charge in [0.1, 0.15) is 0 Å². The number of hydrogen-bond acceptors (Lipinski definition) is 2. The molecule has 0 aromatic heterocycles. The van der Waals surface area contributed by atoms with Crippen LogP contribution in [-0.2, 0) is 29.5 Å². The first-order valence-electron chi connectivity index (χ1n) is 3.89. The molecule has 0 aliphatic carbocycles. The zero-order valence-electron chi connectivity index (χ0n) is 6.38. The number of nitrogens with zero attached hydrogens (tertiary/aromatic N) is 2. The summed E-state index contributed by atoms with van der Waals surface area (Å²) in [4.78, 5) is 2.73.